The van der Waals surface area contributed by atoms with Crippen molar-refractivity contribution < 1.29 is 8.42 Å². The maximum absolute atomic E-state index is 12.1. The first kappa shape index (κ1) is 15.7. The average molecular weight is 312 g/mol. The number of aryl methyl sites for hydroxylation is 2. The Kier molecular flexibility index (Phi) is 5.48. The van der Waals surface area contributed by atoms with Gasteiger partial charge < -0.3 is 10.7 Å². The van der Waals surface area contributed by atoms with Crippen molar-refractivity contribution in [1.29, 1.82) is 0 Å². The van der Waals surface area contributed by atoms with Crippen molar-refractivity contribution in [2.75, 3.05) is 13.1 Å². The molecule has 0 aliphatic carbocycles. The molecule has 9 heteroatoms. The maximum atomic E-state index is 12.1. The molecule has 0 saturated heterocycles. The number of aromatic amines is 1. The van der Waals surface area contributed by atoms with Gasteiger partial charge >= 0.3 is 0 Å². The van der Waals surface area contributed by atoms with Crippen LogP contribution in [0, 0.1) is 0 Å². The van der Waals surface area contributed by atoms with Gasteiger partial charge in [-0.2, -0.15) is 5.10 Å². The Morgan fingerprint density at radius 2 is 2.24 bits per heavy atom. The first-order valence-corrected chi connectivity index (χ1v) is 8.30. The van der Waals surface area contributed by atoms with Gasteiger partial charge in [0.15, 0.2) is 0 Å². The van der Waals surface area contributed by atoms with Crippen LogP contribution in [-0.4, -0.2) is 41.3 Å². The van der Waals surface area contributed by atoms with E-state index >= 15 is 0 Å². The van der Waals surface area contributed by atoms with Gasteiger partial charge in [0.05, 0.1) is 6.20 Å². The Balaban J connectivity index is 1.82. The van der Waals surface area contributed by atoms with E-state index in [4.69, 9.17) is 5.73 Å². The van der Waals surface area contributed by atoms with Crippen molar-refractivity contribution in [3.8, 4) is 0 Å². The minimum atomic E-state index is -3.50. The zero-order valence-electron chi connectivity index (χ0n) is 11.7. The predicted molar refractivity (Wildman–Crippen MR) is 78.0 cm³/mol. The molecule has 0 aromatic carbocycles. The highest BCUT2D eigenvalue weighted by Crippen LogP contribution is 2.07. The minimum absolute atomic E-state index is 0.178. The van der Waals surface area contributed by atoms with Crippen LogP contribution in [0.15, 0.2) is 29.7 Å². The van der Waals surface area contributed by atoms with Gasteiger partial charge in [0.2, 0.25) is 10.0 Å². The molecule has 2 heterocycles. The Morgan fingerprint density at radius 3 is 2.95 bits per heavy atom. The van der Waals surface area contributed by atoms with Crippen molar-refractivity contribution >= 4 is 10.0 Å². The number of hydrogen-bond donors (Lipinski definition) is 3. The fourth-order valence-electron chi connectivity index (χ4n) is 1.84. The van der Waals surface area contributed by atoms with Crippen molar-refractivity contribution in [3.63, 3.8) is 0 Å². The van der Waals surface area contributed by atoms with E-state index in [2.05, 4.69) is 19.8 Å². The highest BCUT2D eigenvalue weighted by molar-refractivity contribution is 7.89. The molecule has 0 amide bonds. The van der Waals surface area contributed by atoms with E-state index in [9.17, 15) is 8.42 Å². The lowest BCUT2D eigenvalue weighted by Crippen LogP contribution is -2.25. The summed E-state index contributed by atoms with van der Waals surface area (Å²) < 4.78 is 28.3. The third kappa shape index (κ3) is 4.66. The van der Waals surface area contributed by atoms with Gasteiger partial charge in [-0.25, -0.2) is 18.1 Å². The minimum Gasteiger partial charge on any atom is -0.349 e. The molecule has 2 rings (SSSR count). The quantitative estimate of drug-likeness (QED) is 0.557. The zero-order chi connectivity index (χ0) is 15.1. The van der Waals surface area contributed by atoms with E-state index in [1.165, 1.54) is 12.4 Å². The van der Waals surface area contributed by atoms with Crippen LogP contribution in [0.4, 0.5) is 0 Å². The number of rotatable bonds is 9. The molecule has 0 saturated carbocycles. The van der Waals surface area contributed by atoms with Gasteiger partial charge in [-0.1, -0.05) is 0 Å². The Morgan fingerprint density at radius 1 is 1.38 bits per heavy atom. The van der Waals surface area contributed by atoms with E-state index in [0.29, 0.717) is 32.5 Å². The molecule has 0 bridgehead atoms. The second-order valence-corrected chi connectivity index (χ2v) is 6.39. The fourth-order valence-corrected chi connectivity index (χ4v) is 2.87. The van der Waals surface area contributed by atoms with E-state index in [1.54, 1.807) is 17.1 Å². The molecule has 2 aromatic rings. The van der Waals surface area contributed by atoms with Gasteiger partial charge in [-0.3, -0.25) is 4.68 Å². The van der Waals surface area contributed by atoms with Crippen molar-refractivity contribution in [2.24, 2.45) is 5.73 Å². The second kappa shape index (κ2) is 7.34. The summed E-state index contributed by atoms with van der Waals surface area (Å²) in [6, 6.07) is 0. The second-order valence-electron chi connectivity index (χ2n) is 4.62. The van der Waals surface area contributed by atoms with Crippen molar-refractivity contribution in [3.05, 3.63) is 30.6 Å². The normalized spacial score (nSPS) is 11.9. The highest BCUT2D eigenvalue weighted by Gasteiger charge is 2.15. The monoisotopic (exact) mass is 312 g/mol. The number of aromatic nitrogens is 4. The highest BCUT2D eigenvalue weighted by atomic mass is 32.2. The molecule has 0 unspecified atom stereocenters. The van der Waals surface area contributed by atoms with Gasteiger partial charge in [0, 0.05) is 38.1 Å². The average Bonchev–Trinajstić information content (AvgIpc) is 3.13. The number of imidazole rings is 1. The Labute approximate surface area is 123 Å². The fraction of sp³-hybridized carbons (Fsp3) is 0.500. The standard InChI is InChI=1S/C12H20N6O2S/c13-4-2-8-18-10-11(9-16-18)21(19,20)17-5-1-3-12-14-6-7-15-12/h6-7,9-10,17H,1-5,8,13H2,(H,14,15). The summed E-state index contributed by atoms with van der Waals surface area (Å²) in [6.45, 7) is 1.52. The largest absolute Gasteiger partial charge is 0.349 e. The number of sulfonamides is 1. The van der Waals surface area contributed by atoms with Crippen LogP contribution in [0.25, 0.3) is 0 Å². The SMILES string of the molecule is NCCCn1cc(S(=O)(=O)NCCCc2ncc[nH]2)cn1. The lowest BCUT2D eigenvalue weighted by atomic mass is 10.3. The molecular formula is C12H20N6O2S. The molecule has 21 heavy (non-hydrogen) atoms. The van der Waals surface area contributed by atoms with Gasteiger partial charge in [0.25, 0.3) is 0 Å². The molecule has 0 aliphatic heterocycles. The van der Waals surface area contributed by atoms with Crippen LogP contribution in [0.5, 0.6) is 0 Å². The van der Waals surface area contributed by atoms with Crippen LogP contribution >= 0.6 is 0 Å². The summed E-state index contributed by atoms with van der Waals surface area (Å²) in [5.41, 5.74) is 5.41. The molecule has 0 aliphatic rings. The molecule has 0 atom stereocenters. The van der Waals surface area contributed by atoms with Crippen LogP contribution < -0.4 is 10.5 Å². The van der Waals surface area contributed by atoms with Crippen LogP contribution in [0.3, 0.4) is 0 Å². The topological polar surface area (TPSA) is 119 Å². The molecule has 4 N–H and O–H groups in total. The van der Waals surface area contributed by atoms with E-state index in [-0.39, 0.29) is 4.90 Å². The zero-order valence-corrected chi connectivity index (χ0v) is 12.5. The lowest BCUT2D eigenvalue weighted by Gasteiger charge is -2.03. The molecule has 0 fully saturated rings. The van der Waals surface area contributed by atoms with Crippen LogP contribution in [0.1, 0.15) is 18.7 Å². The van der Waals surface area contributed by atoms with Crippen LogP contribution in [0.2, 0.25) is 0 Å². The number of hydrogen-bond acceptors (Lipinski definition) is 5. The first-order valence-electron chi connectivity index (χ1n) is 6.82. The van der Waals surface area contributed by atoms with Crippen molar-refractivity contribution in [2.45, 2.75) is 30.7 Å². The van der Waals surface area contributed by atoms with E-state index < -0.39 is 10.0 Å². The molecule has 2 aromatic heterocycles. The summed E-state index contributed by atoms with van der Waals surface area (Å²) in [5, 5.41) is 4.02. The third-order valence-electron chi connectivity index (χ3n) is 2.95. The van der Waals surface area contributed by atoms with E-state index in [0.717, 1.165) is 12.2 Å². The maximum Gasteiger partial charge on any atom is 0.243 e. The summed E-state index contributed by atoms with van der Waals surface area (Å²) in [7, 11) is -3.50. The summed E-state index contributed by atoms with van der Waals surface area (Å²) in [5.74, 6) is 0.851. The molecule has 116 valence electrons. The van der Waals surface area contributed by atoms with Crippen LogP contribution in [-0.2, 0) is 23.0 Å². The Bertz CT molecular complexity index is 635. The molecule has 0 spiro atoms. The van der Waals surface area contributed by atoms with Gasteiger partial charge in [-0.05, 0) is 19.4 Å². The predicted octanol–water partition coefficient (Wildman–Crippen LogP) is -0.134. The number of nitrogens with zero attached hydrogens (tertiary/aromatic N) is 3. The first-order chi connectivity index (χ1) is 10.1. The lowest BCUT2D eigenvalue weighted by molar-refractivity contribution is 0.574. The van der Waals surface area contributed by atoms with Gasteiger partial charge in [0.1, 0.15) is 10.7 Å². The molecular weight excluding hydrogens is 292 g/mol. The van der Waals surface area contributed by atoms with Gasteiger partial charge in [-0.15, -0.1) is 0 Å². The molecule has 8 nitrogen and oxygen atoms in total. The number of nitrogens with two attached hydrogens (primary N) is 1. The molecule has 0 radical (unpaired) electrons. The Hall–Kier alpha value is -1.71. The summed E-state index contributed by atoms with van der Waals surface area (Å²) in [6.07, 6.45) is 8.43. The summed E-state index contributed by atoms with van der Waals surface area (Å²) in [4.78, 5) is 7.24. The summed E-state index contributed by atoms with van der Waals surface area (Å²) >= 11 is 0. The van der Waals surface area contributed by atoms with E-state index in [1.807, 2.05) is 0 Å². The number of nitrogens with one attached hydrogen (secondary N) is 2. The van der Waals surface area contributed by atoms with Crippen molar-refractivity contribution in [1.82, 2.24) is 24.5 Å². The smallest absolute Gasteiger partial charge is 0.243 e. The number of H-pyrrole nitrogens is 1. The third-order valence-corrected chi connectivity index (χ3v) is 4.36.